The predicted octanol–water partition coefficient (Wildman–Crippen LogP) is 3.69. The van der Waals surface area contributed by atoms with Crippen LogP contribution in [0.25, 0.3) is 10.9 Å². The third kappa shape index (κ3) is 1.98. The third-order valence-electron chi connectivity index (χ3n) is 4.24. The van der Waals surface area contributed by atoms with E-state index in [1.54, 1.807) is 0 Å². The fraction of sp³-hybridized carbons (Fsp3) is 0.105. The summed E-state index contributed by atoms with van der Waals surface area (Å²) in [5, 5.41) is 10.6. The quantitative estimate of drug-likeness (QED) is 0.719. The number of nitriles is 1. The SMILES string of the molecule is Cc1cccc(C2C(C#N)=C(N)Oc3c2[nH]c2ccccc32)c1. The molecule has 0 amide bonds. The van der Waals surface area contributed by atoms with Crippen LogP contribution in [0.15, 0.2) is 60.0 Å². The van der Waals surface area contributed by atoms with Crippen molar-refractivity contribution < 1.29 is 4.74 Å². The first-order valence-corrected chi connectivity index (χ1v) is 7.44. The smallest absolute Gasteiger partial charge is 0.205 e. The molecule has 3 N–H and O–H groups in total. The number of allylic oxidation sites excluding steroid dienone is 1. The van der Waals surface area contributed by atoms with Gasteiger partial charge in [0.15, 0.2) is 5.75 Å². The van der Waals surface area contributed by atoms with Crippen LogP contribution in [-0.4, -0.2) is 4.98 Å². The number of hydrogen-bond acceptors (Lipinski definition) is 3. The van der Waals surface area contributed by atoms with E-state index < -0.39 is 0 Å². The zero-order chi connectivity index (χ0) is 16.0. The lowest BCUT2D eigenvalue weighted by Gasteiger charge is -2.24. The Kier molecular flexibility index (Phi) is 2.88. The van der Waals surface area contributed by atoms with Crippen LogP contribution in [0.4, 0.5) is 0 Å². The molecule has 2 aromatic carbocycles. The highest BCUT2D eigenvalue weighted by molar-refractivity contribution is 5.89. The Morgan fingerprint density at radius 3 is 2.78 bits per heavy atom. The number of rotatable bonds is 1. The van der Waals surface area contributed by atoms with Crippen molar-refractivity contribution in [2.45, 2.75) is 12.8 Å². The molecule has 1 aromatic heterocycles. The zero-order valence-electron chi connectivity index (χ0n) is 12.6. The van der Waals surface area contributed by atoms with Crippen molar-refractivity contribution in [3.8, 4) is 11.8 Å². The predicted molar refractivity (Wildman–Crippen MR) is 88.8 cm³/mol. The molecule has 0 spiro atoms. The number of ether oxygens (including phenoxy) is 1. The summed E-state index contributed by atoms with van der Waals surface area (Å²) in [5.41, 5.74) is 10.5. The average molecular weight is 301 g/mol. The topological polar surface area (TPSA) is 74.8 Å². The Hall–Kier alpha value is -3.19. The van der Waals surface area contributed by atoms with E-state index in [-0.39, 0.29) is 11.8 Å². The number of aromatic amines is 1. The summed E-state index contributed by atoms with van der Waals surface area (Å²) in [6.45, 7) is 2.04. The molecule has 1 aliphatic rings. The molecule has 0 saturated carbocycles. The monoisotopic (exact) mass is 301 g/mol. The van der Waals surface area contributed by atoms with Gasteiger partial charge in [-0.05, 0) is 24.6 Å². The fourth-order valence-electron chi connectivity index (χ4n) is 3.20. The number of H-pyrrole nitrogens is 1. The molecule has 112 valence electrons. The van der Waals surface area contributed by atoms with Gasteiger partial charge in [0, 0.05) is 10.9 Å². The first kappa shape index (κ1) is 13.5. The third-order valence-corrected chi connectivity index (χ3v) is 4.24. The van der Waals surface area contributed by atoms with Gasteiger partial charge in [0.2, 0.25) is 5.88 Å². The zero-order valence-corrected chi connectivity index (χ0v) is 12.6. The van der Waals surface area contributed by atoms with Crippen molar-refractivity contribution in [2.75, 3.05) is 0 Å². The second kappa shape index (κ2) is 4.92. The first-order valence-electron chi connectivity index (χ1n) is 7.44. The molecule has 0 fully saturated rings. The minimum atomic E-state index is -0.240. The van der Waals surface area contributed by atoms with Gasteiger partial charge in [-0.2, -0.15) is 5.26 Å². The summed E-state index contributed by atoms with van der Waals surface area (Å²) in [6, 6.07) is 18.2. The minimum Gasteiger partial charge on any atom is -0.438 e. The summed E-state index contributed by atoms with van der Waals surface area (Å²) < 4.78 is 5.77. The van der Waals surface area contributed by atoms with Crippen LogP contribution in [0.1, 0.15) is 22.7 Å². The van der Waals surface area contributed by atoms with Gasteiger partial charge in [-0.25, -0.2) is 0 Å². The Bertz CT molecular complexity index is 991. The van der Waals surface area contributed by atoms with Crippen molar-refractivity contribution >= 4 is 10.9 Å². The molecular weight excluding hydrogens is 286 g/mol. The molecule has 0 radical (unpaired) electrons. The Morgan fingerprint density at radius 2 is 2.00 bits per heavy atom. The first-order chi connectivity index (χ1) is 11.2. The van der Waals surface area contributed by atoms with Gasteiger partial charge >= 0.3 is 0 Å². The molecule has 1 unspecified atom stereocenters. The van der Waals surface area contributed by atoms with E-state index in [0.29, 0.717) is 11.3 Å². The molecule has 0 aliphatic carbocycles. The maximum atomic E-state index is 9.58. The van der Waals surface area contributed by atoms with E-state index >= 15 is 0 Å². The molecule has 1 aliphatic heterocycles. The van der Waals surface area contributed by atoms with E-state index in [2.05, 4.69) is 17.1 Å². The number of aryl methyl sites for hydroxylation is 1. The van der Waals surface area contributed by atoms with Crippen molar-refractivity contribution in [2.24, 2.45) is 5.73 Å². The van der Waals surface area contributed by atoms with Crippen molar-refractivity contribution in [3.63, 3.8) is 0 Å². The number of benzene rings is 2. The van der Waals surface area contributed by atoms with Crippen LogP contribution in [0, 0.1) is 18.3 Å². The highest BCUT2D eigenvalue weighted by atomic mass is 16.5. The maximum Gasteiger partial charge on any atom is 0.205 e. The van der Waals surface area contributed by atoms with Crippen LogP contribution in [-0.2, 0) is 0 Å². The average Bonchev–Trinajstić information content (AvgIpc) is 2.91. The lowest BCUT2D eigenvalue weighted by molar-refractivity contribution is 0.397. The largest absolute Gasteiger partial charge is 0.438 e. The second-order valence-corrected chi connectivity index (χ2v) is 5.75. The molecule has 4 heteroatoms. The molecular formula is C19H15N3O. The van der Waals surface area contributed by atoms with Crippen LogP contribution < -0.4 is 10.5 Å². The summed E-state index contributed by atoms with van der Waals surface area (Å²) in [4.78, 5) is 3.40. The van der Waals surface area contributed by atoms with E-state index in [1.165, 1.54) is 0 Å². The van der Waals surface area contributed by atoms with Gasteiger partial charge in [-0.1, -0.05) is 42.0 Å². The minimum absolute atomic E-state index is 0.177. The molecule has 2 heterocycles. The summed E-state index contributed by atoms with van der Waals surface area (Å²) >= 11 is 0. The van der Waals surface area contributed by atoms with Crippen LogP contribution in [0.3, 0.4) is 0 Å². The lowest BCUT2D eigenvalue weighted by Crippen LogP contribution is -2.20. The molecule has 1 atom stereocenters. The molecule has 4 nitrogen and oxygen atoms in total. The Balaban J connectivity index is 2.02. The highest BCUT2D eigenvalue weighted by Crippen LogP contribution is 2.45. The van der Waals surface area contributed by atoms with Gasteiger partial charge in [0.05, 0.1) is 11.6 Å². The number of nitrogens with two attached hydrogens (primary N) is 1. The van der Waals surface area contributed by atoms with E-state index in [4.69, 9.17) is 10.5 Å². The second-order valence-electron chi connectivity index (χ2n) is 5.75. The maximum absolute atomic E-state index is 9.58. The summed E-state index contributed by atoms with van der Waals surface area (Å²) in [5.74, 6) is 0.649. The van der Waals surface area contributed by atoms with E-state index in [0.717, 1.165) is 27.7 Å². The number of nitrogens with zero attached hydrogens (tertiary/aromatic N) is 1. The molecule has 0 bridgehead atoms. The van der Waals surface area contributed by atoms with Crippen molar-refractivity contribution in [3.05, 3.63) is 76.8 Å². The Morgan fingerprint density at radius 1 is 1.17 bits per heavy atom. The van der Waals surface area contributed by atoms with E-state index in [1.807, 2.05) is 49.4 Å². The normalized spacial score (nSPS) is 16.8. The molecule has 0 saturated heterocycles. The number of para-hydroxylation sites is 1. The van der Waals surface area contributed by atoms with Gasteiger partial charge in [-0.3, -0.25) is 0 Å². The fourth-order valence-corrected chi connectivity index (χ4v) is 3.20. The Labute approximate surface area is 133 Å². The molecule has 3 aromatic rings. The number of aromatic nitrogens is 1. The van der Waals surface area contributed by atoms with Crippen molar-refractivity contribution in [1.82, 2.24) is 4.98 Å². The summed E-state index contributed by atoms with van der Waals surface area (Å²) in [6.07, 6.45) is 0. The molecule has 23 heavy (non-hydrogen) atoms. The number of nitrogens with one attached hydrogen (secondary N) is 1. The lowest BCUT2D eigenvalue weighted by atomic mass is 9.86. The van der Waals surface area contributed by atoms with E-state index in [9.17, 15) is 5.26 Å². The van der Waals surface area contributed by atoms with Crippen LogP contribution >= 0.6 is 0 Å². The van der Waals surface area contributed by atoms with Gasteiger partial charge in [-0.15, -0.1) is 0 Å². The van der Waals surface area contributed by atoms with Gasteiger partial charge < -0.3 is 15.5 Å². The number of fused-ring (bicyclic) bond motifs is 3. The van der Waals surface area contributed by atoms with Crippen LogP contribution in [0.2, 0.25) is 0 Å². The summed E-state index contributed by atoms with van der Waals surface area (Å²) in [7, 11) is 0. The standard InChI is InChI=1S/C19H15N3O/c1-11-5-4-6-12(9-11)16-14(10-20)19(21)23-18-13-7-2-3-8-15(13)22-17(16)18/h2-9,16,22H,21H2,1H3. The van der Waals surface area contributed by atoms with Crippen LogP contribution in [0.5, 0.6) is 5.75 Å². The highest BCUT2D eigenvalue weighted by Gasteiger charge is 2.33. The van der Waals surface area contributed by atoms with Gasteiger partial charge in [0.1, 0.15) is 11.6 Å². The van der Waals surface area contributed by atoms with Crippen molar-refractivity contribution in [1.29, 1.82) is 5.26 Å². The molecule has 4 rings (SSSR count). The van der Waals surface area contributed by atoms with Gasteiger partial charge in [0.25, 0.3) is 0 Å². The number of hydrogen-bond donors (Lipinski definition) is 2.